The molecule has 2 fully saturated rings. The topological polar surface area (TPSA) is 75.8 Å². The van der Waals surface area contributed by atoms with Crippen LogP contribution in [0.15, 0.2) is 34.5 Å². The van der Waals surface area contributed by atoms with Gasteiger partial charge in [-0.25, -0.2) is 0 Å². The fourth-order valence-corrected chi connectivity index (χ4v) is 4.58. The van der Waals surface area contributed by atoms with Gasteiger partial charge in [-0.05, 0) is 88.3 Å². The van der Waals surface area contributed by atoms with Crippen LogP contribution in [0.25, 0.3) is 0 Å². The van der Waals surface area contributed by atoms with Crippen LogP contribution in [-0.4, -0.2) is 41.9 Å². The second-order valence-corrected chi connectivity index (χ2v) is 12.3. The van der Waals surface area contributed by atoms with Crippen molar-refractivity contribution in [2.45, 2.75) is 133 Å². The molecule has 1 aromatic rings. The molecule has 1 aromatic carbocycles. The summed E-state index contributed by atoms with van der Waals surface area (Å²) in [4.78, 5) is 29.8. The third-order valence-electron chi connectivity index (χ3n) is 7.69. The Morgan fingerprint density at radius 1 is 1.00 bits per heavy atom. The van der Waals surface area contributed by atoms with E-state index < -0.39 is 0 Å². The summed E-state index contributed by atoms with van der Waals surface area (Å²) in [6.07, 6.45) is 11.6. The maximum atomic E-state index is 12.5. The van der Waals surface area contributed by atoms with Gasteiger partial charge in [-0.2, -0.15) is 0 Å². The maximum absolute atomic E-state index is 12.5. The summed E-state index contributed by atoms with van der Waals surface area (Å²) in [5.41, 5.74) is 12.3. The van der Waals surface area contributed by atoms with Gasteiger partial charge in [0.1, 0.15) is 5.70 Å². The smallest absolute Gasteiger partial charge is 0.270 e. The number of aliphatic imine (C=N–C) groups is 1. The molecule has 2 aliphatic rings. The minimum absolute atomic E-state index is 0.0310. The van der Waals surface area contributed by atoms with Gasteiger partial charge in [-0.1, -0.05) is 91.8 Å². The Kier molecular flexibility index (Phi) is 20.9. The first-order chi connectivity index (χ1) is 19.4. The van der Waals surface area contributed by atoms with Crippen molar-refractivity contribution in [1.29, 1.82) is 0 Å². The third kappa shape index (κ3) is 16.6. The molecule has 2 N–H and O–H groups in total. The molecule has 1 heterocycles. The SMILES string of the molecule is CC(=O)CN=C1CCC/C1=C(/N)C(=O)N1CCC[C@H](C)C1.CCCC.CCCCC(C)C.Cc1cccc(C)c1C. The number of carbonyl (C=O) groups excluding carboxylic acids is 2. The highest BCUT2D eigenvalue weighted by molar-refractivity contribution is 6.09. The molecular weight excluding hydrogens is 506 g/mol. The Morgan fingerprint density at radius 3 is 2.05 bits per heavy atom. The third-order valence-corrected chi connectivity index (χ3v) is 7.69. The number of Topliss-reactive ketones (excluding diaryl/α,β-unsaturated/α-hetero) is 1. The average molecular weight is 570 g/mol. The van der Waals surface area contributed by atoms with E-state index in [1.165, 1.54) is 62.1 Å². The largest absolute Gasteiger partial charge is 0.394 e. The van der Waals surface area contributed by atoms with Crippen LogP contribution in [0.4, 0.5) is 0 Å². The molecule has 5 nitrogen and oxygen atoms in total. The van der Waals surface area contributed by atoms with Crippen LogP contribution >= 0.6 is 0 Å². The van der Waals surface area contributed by atoms with Gasteiger partial charge in [0.2, 0.25) is 0 Å². The normalized spacial score (nSPS) is 18.5. The molecule has 234 valence electrons. The standard InChI is InChI=1S/C16H25N3O2.C9H12.C7H16.C4H10/c1-11-5-4-8-19(10-11)16(21)15(17)13-6-3-7-14(13)18-9-12(2)20;1-7-5-4-6-8(2)9(7)3;1-4-5-6-7(2)3;1-3-4-2/h11H,3-10,17H2,1-2H3;4-6H,1-3H3;7H,4-6H2,1-3H3;3-4H2,1-2H3/b15-13-,18-14?;;;/t11-;;;/m0.../s1. The molecule has 0 spiro atoms. The van der Waals surface area contributed by atoms with Gasteiger partial charge in [0.25, 0.3) is 5.91 Å². The number of amides is 1. The zero-order valence-electron chi connectivity index (χ0n) is 28.4. The van der Waals surface area contributed by atoms with Crippen molar-refractivity contribution in [2.75, 3.05) is 19.6 Å². The lowest BCUT2D eigenvalue weighted by atomic mass is 9.99. The zero-order chi connectivity index (χ0) is 31.4. The van der Waals surface area contributed by atoms with E-state index in [2.05, 4.69) is 85.5 Å². The molecule has 1 atom stereocenters. The van der Waals surface area contributed by atoms with Crippen LogP contribution in [0.5, 0.6) is 0 Å². The lowest BCUT2D eigenvalue weighted by Gasteiger charge is -2.31. The molecule has 0 unspecified atom stereocenters. The Bertz CT molecular complexity index is 939. The van der Waals surface area contributed by atoms with E-state index in [4.69, 9.17) is 5.73 Å². The van der Waals surface area contributed by atoms with Crippen LogP contribution in [0, 0.1) is 32.6 Å². The van der Waals surface area contributed by atoms with Crippen LogP contribution in [0.1, 0.15) is 129 Å². The molecule has 3 rings (SSSR count). The molecule has 41 heavy (non-hydrogen) atoms. The van der Waals surface area contributed by atoms with Crippen molar-refractivity contribution >= 4 is 17.4 Å². The number of rotatable bonds is 7. The number of allylic oxidation sites excluding steroid dienone is 1. The van der Waals surface area contributed by atoms with Crippen molar-refractivity contribution < 1.29 is 9.59 Å². The van der Waals surface area contributed by atoms with Crippen LogP contribution < -0.4 is 5.73 Å². The summed E-state index contributed by atoms with van der Waals surface area (Å²) in [6, 6.07) is 6.38. The molecule has 0 aromatic heterocycles. The number of likely N-dealkylation sites (tertiary alicyclic amines) is 1. The van der Waals surface area contributed by atoms with E-state index in [9.17, 15) is 9.59 Å². The lowest BCUT2D eigenvalue weighted by molar-refractivity contribution is -0.128. The van der Waals surface area contributed by atoms with Crippen molar-refractivity contribution in [3.63, 3.8) is 0 Å². The number of unbranched alkanes of at least 4 members (excludes halogenated alkanes) is 2. The van der Waals surface area contributed by atoms with Crippen molar-refractivity contribution in [2.24, 2.45) is 22.6 Å². The number of hydrogen-bond acceptors (Lipinski definition) is 4. The van der Waals surface area contributed by atoms with E-state index in [1.54, 1.807) is 0 Å². The van der Waals surface area contributed by atoms with Crippen LogP contribution in [0.2, 0.25) is 0 Å². The molecule has 1 saturated carbocycles. The van der Waals surface area contributed by atoms with Crippen molar-refractivity contribution in [3.8, 4) is 0 Å². The number of nitrogens with zero attached hydrogens (tertiary/aromatic N) is 2. The Labute approximate surface area is 253 Å². The predicted molar refractivity (Wildman–Crippen MR) is 179 cm³/mol. The monoisotopic (exact) mass is 569 g/mol. The molecule has 0 radical (unpaired) electrons. The summed E-state index contributed by atoms with van der Waals surface area (Å²) in [5.74, 6) is 1.41. The summed E-state index contributed by atoms with van der Waals surface area (Å²) in [5, 5.41) is 0. The minimum Gasteiger partial charge on any atom is -0.394 e. The summed E-state index contributed by atoms with van der Waals surface area (Å²) in [7, 11) is 0. The maximum Gasteiger partial charge on any atom is 0.270 e. The quantitative estimate of drug-likeness (QED) is 0.333. The molecule has 1 aliphatic carbocycles. The first-order valence-electron chi connectivity index (χ1n) is 16.2. The van der Waals surface area contributed by atoms with Gasteiger partial charge in [-0.15, -0.1) is 0 Å². The number of hydrogen-bond donors (Lipinski definition) is 1. The number of nitrogens with two attached hydrogens (primary N) is 1. The highest BCUT2D eigenvalue weighted by Gasteiger charge is 2.27. The molecule has 5 heteroatoms. The zero-order valence-corrected chi connectivity index (χ0v) is 28.4. The number of piperidine rings is 1. The summed E-state index contributed by atoms with van der Waals surface area (Å²) >= 11 is 0. The van der Waals surface area contributed by atoms with Gasteiger partial charge >= 0.3 is 0 Å². The summed E-state index contributed by atoms with van der Waals surface area (Å²) in [6.45, 7) is 23.0. The van der Waals surface area contributed by atoms with Crippen LogP contribution in [0.3, 0.4) is 0 Å². The number of ketones is 1. The highest BCUT2D eigenvalue weighted by atomic mass is 16.2. The molecule has 0 bridgehead atoms. The Morgan fingerprint density at radius 2 is 1.61 bits per heavy atom. The van der Waals surface area contributed by atoms with Gasteiger partial charge in [0, 0.05) is 24.4 Å². The molecular formula is C36H63N3O2. The van der Waals surface area contributed by atoms with Crippen molar-refractivity contribution in [1.82, 2.24) is 4.90 Å². The molecule has 1 saturated heterocycles. The highest BCUT2D eigenvalue weighted by Crippen LogP contribution is 2.25. The molecule has 1 amide bonds. The van der Waals surface area contributed by atoms with E-state index in [0.29, 0.717) is 11.6 Å². The van der Waals surface area contributed by atoms with Gasteiger partial charge in [0.15, 0.2) is 5.78 Å². The average Bonchev–Trinajstić information content (AvgIpc) is 3.42. The van der Waals surface area contributed by atoms with Crippen molar-refractivity contribution in [3.05, 3.63) is 46.2 Å². The first kappa shape index (κ1) is 38.6. The van der Waals surface area contributed by atoms with E-state index in [0.717, 1.165) is 56.0 Å². The minimum atomic E-state index is -0.0611. The van der Waals surface area contributed by atoms with Gasteiger partial charge in [-0.3, -0.25) is 14.6 Å². The Hall–Kier alpha value is -2.43. The van der Waals surface area contributed by atoms with Crippen LogP contribution in [-0.2, 0) is 9.59 Å². The van der Waals surface area contributed by atoms with Gasteiger partial charge in [0.05, 0.1) is 6.54 Å². The fourth-order valence-electron chi connectivity index (χ4n) is 4.58. The molecule has 1 aliphatic heterocycles. The number of benzene rings is 1. The Balaban J connectivity index is 0.000000656. The van der Waals surface area contributed by atoms with E-state index in [-0.39, 0.29) is 18.2 Å². The number of aryl methyl sites for hydroxylation is 2. The fraction of sp³-hybridized carbons (Fsp3) is 0.694. The second-order valence-electron chi connectivity index (χ2n) is 12.3. The number of carbonyl (C=O) groups is 2. The lowest BCUT2D eigenvalue weighted by Crippen LogP contribution is -2.41. The van der Waals surface area contributed by atoms with Gasteiger partial charge < -0.3 is 10.6 Å². The first-order valence-corrected chi connectivity index (χ1v) is 16.2. The predicted octanol–water partition coefficient (Wildman–Crippen LogP) is 8.92. The summed E-state index contributed by atoms with van der Waals surface area (Å²) < 4.78 is 0. The second kappa shape index (κ2) is 22.2. The van der Waals surface area contributed by atoms with E-state index >= 15 is 0 Å². The van der Waals surface area contributed by atoms with E-state index in [1.807, 2.05) is 4.90 Å².